The molecule has 0 aliphatic carbocycles. The van der Waals surface area contributed by atoms with Crippen molar-refractivity contribution in [2.24, 2.45) is 0 Å². The van der Waals surface area contributed by atoms with Gasteiger partial charge in [-0.25, -0.2) is 9.78 Å². The van der Waals surface area contributed by atoms with Gasteiger partial charge in [-0.3, -0.25) is 0 Å². The van der Waals surface area contributed by atoms with Crippen LogP contribution in [0.15, 0.2) is 103 Å². The summed E-state index contributed by atoms with van der Waals surface area (Å²) in [7, 11) is -3.13. The van der Waals surface area contributed by atoms with E-state index >= 15 is 0 Å². The van der Waals surface area contributed by atoms with Crippen LogP contribution in [0, 0.1) is 6.07 Å². The average molecular weight is 698 g/mol. The minimum absolute atomic E-state index is 0. The van der Waals surface area contributed by atoms with E-state index in [1.807, 2.05) is 72.8 Å². The fourth-order valence-electron chi connectivity index (χ4n) is 4.33. The Hall–Kier alpha value is -4.09. The van der Waals surface area contributed by atoms with Gasteiger partial charge in [-0.05, 0) is 48.2 Å². The molecule has 2 aliphatic rings. The molecule has 2 aromatic heterocycles. The van der Waals surface area contributed by atoms with E-state index in [2.05, 4.69) is 16.0 Å². The molecular weight excluding hydrogens is 680 g/mol. The Morgan fingerprint density at radius 3 is 1.95 bits per heavy atom. The Labute approximate surface area is 231 Å². The summed E-state index contributed by atoms with van der Waals surface area (Å²) < 4.78 is 26.9. The Morgan fingerprint density at radius 2 is 1.37 bits per heavy atom. The van der Waals surface area contributed by atoms with Crippen LogP contribution in [-0.2, 0) is 24.7 Å². The second-order valence-corrected chi connectivity index (χ2v) is 10.8. The Morgan fingerprint density at radius 1 is 0.763 bits per heavy atom. The van der Waals surface area contributed by atoms with Crippen LogP contribution >= 0.6 is 7.14 Å². The van der Waals surface area contributed by atoms with Crippen molar-refractivity contribution in [1.29, 1.82) is 0 Å². The van der Waals surface area contributed by atoms with E-state index in [1.165, 1.54) is 12.3 Å². The van der Waals surface area contributed by atoms with Crippen LogP contribution in [0.3, 0.4) is 0 Å². The zero-order valence-corrected chi connectivity index (χ0v) is 22.9. The molecule has 7 rings (SSSR count). The maximum absolute atomic E-state index is 14.6. The van der Waals surface area contributed by atoms with E-state index in [0.29, 0.717) is 38.9 Å². The van der Waals surface area contributed by atoms with Gasteiger partial charge in [0.15, 0.2) is 0 Å². The smallest absolute Gasteiger partial charge is 0.354 e. The molecule has 0 bridgehead atoms. The van der Waals surface area contributed by atoms with Crippen molar-refractivity contribution in [3.8, 4) is 34.3 Å². The molecule has 0 saturated heterocycles. The molecule has 3 aromatic carbocycles. The summed E-state index contributed by atoms with van der Waals surface area (Å²) in [6.07, 6.45) is 3.18. The number of carboxylic acid groups (broad SMARTS) is 1. The molecule has 0 fully saturated rings. The van der Waals surface area contributed by atoms with Gasteiger partial charge in [-0.15, -0.1) is 5.56 Å². The first kappa shape index (κ1) is 25.6. The Balaban J connectivity index is 0.000000253. The van der Waals surface area contributed by atoms with Gasteiger partial charge in [0.1, 0.15) is 24.3 Å². The normalized spacial score (nSPS) is 15.5. The number of hydrogen-bond donors (Lipinski definition) is 1. The number of aromatic carboxylic acids is 1. The summed E-state index contributed by atoms with van der Waals surface area (Å²) in [5, 5.41) is 10.3. The predicted octanol–water partition coefficient (Wildman–Crippen LogP) is 5.18. The monoisotopic (exact) mass is 698 g/mol. The minimum Gasteiger partial charge on any atom is -0.477 e. The molecule has 0 amide bonds. The molecule has 5 aromatic rings. The van der Waals surface area contributed by atoms with Gasteiger partial charge >= 0.3 is 5.97 Å². The van der Waals surface area contributed by atoms with Gasteiger partial charge in [0.2, 0.25) is 0 Å². The fraction of sp³-hybridized carbons (Fsp3) is 0. The van der Waals surface area contributed by atoms with E-state index in [1.54, 1.807) is 18.3 Å². The molecule has 4 heterocycles. The number of fused-ring (bicyclic) bond motifs is 4. The van der Waals surface area contributed by atoms with Gasteiger partial charge < -0.3 is 24.1 Å². The van der Waals surface area contributed by atoms with Gasteiger partial charge in [0.05, 0.1) is 22.1 Å². The van der Waals surface area contributed by atoms with Crippen LogP contribution in [0.1, 0.15) is 10.5 Å². The third-order valence-corrected chi connectivity index (χ3v) is 9.10. The third-order valence-electron chi connectivity index (χ3n) is 5.95. The summed E-state index contributed by atoms with van der Waals surface area (Å²) in [4.78, 5) is 18.1. The number of aromatic nitrogens is 2. The molecule has 189 valence electrons. The van der Waals surface area contributed by atoms with Crippen LogP contribution in [0.5, 0.6) is 23.0 Å². The predicted molar refractivity (Wildman–Crippen MR) is 139 cm³/mol. The third kappa shape index (κ3) is 4.33. The van der Waals surface area contributed by atoms with E-state index in [9.17, 15) is 9.36 Å². The number of pyridine rings is 2. The van der Waals surface area contributed by atoms with Gasteiger partial charge in [0.25, 0.3) is 0 Å². The molecule has 0 spiro atoms. The molecule has 9 heteroatoms. The Bertz CT molecular complexity index is 1620. The van der Waals surface area contributed by atoms with Crippen molar-refractivity contribution in [3.05, 3.63) is 115 Å². The largest absolute Gasteiger partial charge is 0.477 e. The van der Waals surface area contributed by atoms with Crippen LogP contribution < -0.4 is 25.4 Å². The molecular formula is C29H18IrN2O5P-. The summed E-state index contributed by atoms with van der Waals surface area (Å²) in [5.74, 6) is 1.19. The first-order valence-corrected chi connectivity index (χ1v) is 13.1. The molecule has 1 unspecified atom stereocenters. The van der Waals surface area contributed by atoms with Crippen LogP contribution in [0.25, 0.3) is 11.3 Å². The van der Waals surface area contributed by atoms with Crippen LogP contribution in [-0.4, -0.2) is 21.0 Å². The molecule has 1 atom stereocenters. The van der Waals surface area contributed by atoms with E-state index in [0.717, 1.165) is 11.3 Å². The fourth-order valence-corrected chi connectivity index (χ4v) is 7.34. The molecule has 1 radical (unpaired) electrons. The van der Waals surface area contributed by atoms with Gasteiger partial charge in [0, 0.05) is 37.8 Å². The second-order valence-electron chi connectivity index (χ2n) is 8.21. The average Bonchev–Trinajstić information content (AvgIpc) is 2.94. The van der Waals surface area contributed by atoms with Crippen LogP contribution in [0.4, 0.5) is 0 Å². The van der Waals surface area contributed by atoms with Crippen molar-refractivity contribution >= 4 is 29.0 Å². The number of carbonyl (C=O) groups is 1. The number of benzene rings is 3. The summed E-state index contributed by atoms with van der Waals surface area (Å²) in [6.45, 7) is 0. The van der Waals surface area contributed by atoms with Gasteiger partial charge in [-0.2, -0.15) is 0 Å². The van der Waals surface area contributed by atoms with Crippen molar-refractivity contribution in [2.75, 3.05) is 0 Å². The van der Waals surface area contributed by atoms with E-state index in [4.69, 9.17) is 14.6 Å². The standard InChI is InChI=1S/C23H13NO3P.C6H5NO2.Ir/c25-28-21-10-3-1-8-17(21)26-19-13-15(16-7-5-6-12-24-16)14-20(23(19)28)27-18-9-2-4-11-22(18)28;8-6(9)5-3-1-2-4-7-5;/h1-13H;1-4H,(H,8,9);/q-1;;. The first-order chi connectivity index (χ1) is 18.1. The van der Waals surface area contributed by atoms with Crippen molar-refractivity contribution in [3.63, 3.8) is 0 Å². The number of carboxylic acids is 1. The number of para-hydroxylation sites is 2. The number of hydrogen-bond acceptors (Lipinski definition) is 6. The van der Waals surface area contributed by atoms with Crippen molar-refractivity contribution < 1.29 is 44.0 Å². The summed E-state index contributed by atoms with van der Waals surface area (Å²) in [6, 6.07) is 30.5. The topological polar surface area (TPSA) is 98.6 Å². The van der Waals surface area contributed by atoms with E-state index in [-0.39, 0.29) is 25.8 Å². The van der Waals surface area contributed by atoms with Gasteiger partial charge in [-0.1, -0.05) is 54.6 Å². The first-order valence-electron chi connectivity index (χ1n) is 11.4. The number of rotatable bonds is 2. The van der Waals surface area contributed by atoms with Crippen LogP contribution in [0.2, 0.25) is 0 Å². The maximum atomic E-state index is 14.6. The zero-order chi connectivity index (χ0) is 25.4. The zero-order valence-electron chi connectivity index (χ0n) is 19.6. The second kappa shape index (κ2) is 10.3. The molecule has 38 heavy (non-hydrogen) atoms. The summed E-state index contributed by atoms with van der Waals surface area (Å²) >= 11 is 0. The molecule has 7 nitrogen and oxygen atoms in total. The van der Waals surface area contributed by atoms with E-state index < -0.39 is 13.1 Å². The van der Waals surface area contributed by atoms with Crippen molar-refractivity contribution in [1.82, 2.24) is 9.97 Å². The molecule has 2 aliphatic heterocycles. The molecule has 1 N–H and O–H groups in total. The Kier molecular flexibility index (Phi) is 6.96. The van der Waals surface area contributed by atoms with Crippen molar-refractivity contribution in [2.45, 2.75) is 0 Å². The minimum atomic E-state index is -3.13. The number of nitrogens with zero attached hydrogens (tertiary/aromatic N) is 2. The maximum Gasteiger partial charge on any atom is 0.354 e. The quantitative estimate of drug-likeness (QED) is 0.197. The summed E-state index contributed by atoms with van der Waals surface area (Å²) in [5.41, 5.74) is 1.57. The number of ether oxygens (including phenoxy) is 2. The SMILES string of the molecule is O=C(O)c1ccccn1.O=P12c3ccccc3Oc3[c-]c(-c4ccccn4)cc(c31)Oc1ccccc12.[Ir]. The molecule has 0 saturated carbocycles.